The number of aromatic nitrogens is 1. The van der Waals surface area contributed by atoms with Gasteiger partial charge in [-0.2, -0.15) is 0 Å². The van der Waals surface area contributed by atoms with E-state index in [9.17, 15) is 9.59 Å². The highest BCUT2D eigenvalue weighted by Gasteiger charge is 2.14. The summed E-state index contributed by atoms with van der Waals surface area (Å²) in [5, 5.41) is 7.73. The molecule has 1 aromatic carbocycles. The first kappa shape index (κ1) is 17.6. The van der Waals surface area contributed by atoms with Crippen LogP contribution in [0.1, 0.15) is 16.1 Å². The number of hydrogen-bond acceptors (Lipinski definition) is 5. The summed E-state index contributed by atoms with van der Waals surface area (Å²) in [6, 6.07) is 13.2. The number of benzene rings is 1. The normalized spacial score (nSPS) is 10.4. The van der Waals surface area contributed by atoms with Crippen molar-refractivity contribution in [1.82, 2.24) is 15.6 Å². The Morgan fingerprint density at radius 2 is 1.88 bits per heavy atom. The molecule has 0 bridgehead atoms. The SMILES string of the molecule is O=C(CNC(=O)c1csc(-c2ccc(Cl)s2)n1)NCc1ccccc1. The fourth-order valence-electron chi connectivity index (χ4n) is 2.03. The minimum Gasteiger partial charge on any atom is -0.350 e. The third-order valence-corrected chi connectivity index (χ3v) is 5.51. The van der Waals surface area contributed by atoms with E-state index in [1.807, 2.05) is 36.4 Å². The van der Waals surface area contributed by atoms with Crippen LogP contribution in [-0.4, -0.2) is 23.3 Å². The van der Waals surface area contributed by atoms with Gasteiger partial charge in [0, 0.05) is 11.9 Å². The van der Waals surface area contributed by atoms with Crippen LogP contribution in [0.15, 0.2) is 47.8 Å². The van der Waals surface area contributed by atoms with Crippen molar-refractivity contribution in [2.45, 2.75) is 6.54 Å². The van der Waals surface area contributed by atoms with Gasteiger partial charge < -0.3 is 10.6 Å². The van der Waals surface area contributed by atoms with Crippen LogP contribution in [0.4, 0.5) is 0 Å². The first-order chi connectivity index (χ1) is 12.1. The van der Waals surface area contributed by atoms with Crippen molar-refractivity contribution in [3.63, 3.8) is 0 Å². The molecule has 0 unspecified atom stereocenters. The molecule has 2 heterocycles. The third-order valence-electron chi connectivity index (χ3n) is 3.26. The molecule has 2 amide bonds. The lowest BCUT2D eigenvalue weighted by molar-refractivity contribution is -0.120. The Morgan fingerprint density at radius 1 is 1.08 bits per heavy atom. The summed E-state index contributed by atoms with van der Waals surface area (Å²) in [5.74, 6) is -0.627. The van der Waals surface area contributed by atoms with Crippen LogP contribution in [0, 0.1) is 0 Å². The number of halogens is 1. The number of nitrogens with one attached hydrogen (secondary N) is 2. The van der Waals surface area contributed by atoms with Gasteiger partial charge >= 0.3 is 0 Å². The summed E-state index contributed by atoms with van der Waals surface area (Å²) in [4.78, 5) is 29.1. The molecule has 0 saturated heterocycles. The standard InChI is InChI=1S/C17H14ClN3O2S2/c18-14-7-6-13(25-14)17-21-12(10-24-17)16(23)20-9-15(22)19-8-11-4-2-1-3-5-11/h1-7,10H,8-9H2,(H,19,22)(H,20,23). The topological polar surface area (TPSA) is 71.1 Å². The Balaban J connectivity index is 1.49. The van der Waals surface area contributed by atoms with Crippen LogP contribution >= 0.6 is 34.3 Å². The van der Waals surface area contributed by atoms with E-state index in [2.05, 4.69) is 15.6 Å². The van der Waals surface area contributed by atoms with Gasteiger partial charge in [-0.25, -0.2) is 4.98 Å². The second-order valence-corrected chi connectivity index (χ2v) is 7.66. The lowest BCUT2D eigenvalue weighted by atomic mass is 10.2. The predicted molar refractivity (Wildman–Crippen MR) is 101 cm³/mol. The molecule has 2 aromatic heterocycles. The molecule has 0 saturated carbocycles. The second-order valence-electron chi connectivity index (χ2n) is 5.09. The smallest absolute Gasteiger partial charge is 0.271 e. The summed E-state index contributed by atoms with van der Waals surface area (Å²) in [6.07, 6.45) is 0. The Labute approximate surface area is 157 Å². The Morgan fingerprint density at radius 3 is 2.60 bits per heavy atom. The van der Waals surface area contributed by atoms with Crippen LogP contribution in [0.3, 0.4) is 0 Å². The highest BCUT2D eigenvalue weighted by atomic mass is 35.5. The maximum atomic E-state index is 12.1. The molecule has 3 rings (SSSR count). The van der Waals surface area contributed by atoms with Gasteiger partial charge in [0.15, 0.2) is 0 Å². The molecule has 25 heavy (non-hydrogen) atoms. The molecule has 2 N–H and O–H groups in total. The monoisotopic (exact) mass is 391 g/mol. The molecule has 8 heteroatoms. The van der Waals surface area contributed by atoms with Gasteiger partial charge in [-0.15, -0.1) is 22.7 Å². The molecule has 0 atom stereocenters. The number of carbonyl (C=O) groups is 2. The maximum Gasteiger partial charge on any atom is 0.271 e. The third kappa shape index (κ3) is 4.88. The van der Waals surface area contributed by atoms with Gasteiger partial charge in [0.25, 0.3) is 5.91 Å². The number of thiazole rings is 1. The minimum atomic E-state index is -0.375. The molecular formula is C17H14ClN3O2S2. The van der Waals surface area contributed by atoms with Gasteiger partial charge in [-0.05, 0) is 17.7 Å². The maximum absolute atomic E-state index is 12.1. The van der Waals surface area contributed by atoms with E-state index in [1.54, 1.807) is 11.4 Å². The molecule has 0 fully saturated rings. The molecule has 0 aliphatic heterocycles. The number of hydrogen-bond donors (Lipinski definition) is 2. The van der Waals surface area contributed by atoms with Crippen LogP contribution in [0.5, 0.6) is 0 Å². The fraction of sp³-hybridized carbons (Fsp3) is 0.118. The number of nitrogens with zero attached hydrogens (tertiary/aromatic N) is 1. The second kappa shape index (κ2) is 8.24. The van der Waals surface area contributed by atoms with Gasteiger partial charge in [0.1, 0.15) is 10.7 Å². The van der Waals surface area contributed by atoms with Crippen molar-refractivity contribution in [1.29, 1.82) is 0 Å². The highest BCUT2D eigenvalue weighted by Crippen LogP contribution is 2.32. The highest BCUT2D eigenvalue weighted by molar-refractivity contribution is 7.23. The molecule has 0 spiro atoms. The lowest BCUT2D eigenvalue weighted by Crippen LogP contribution is -2.36. The van der Waals surface area contributed by atoms with Crippen molar-refractivity contribution >= 4 is 46.1 Å². The van der Waals surface area contributed by atoms with Crippen molar-refractivity contribution in [2.75, 3.05) is 6.54 Å². The van der Waals surface area contributed by atoms with Crippen LogP contribution in [0.25, 0.3) is 9.88 Å². The van der Waals surface area contributed by atoms with E-state index in [-0.39, 0.29) is 18.4 Å². The van der Waals surface area contributed by atoms with E-state index >= 15 is 0 Å². The quantitative estimate of drug-likeness (QED) is 0.674. The Kier molecular flexibility index (Phi) is 5.80. The molecule has 3 aromatic rings. The zero-order valence-electron chi connectivity index (χ0n) is 13.0. The number of carbonyl (C=O) groups excluding carboxylic acids is 2. The van der Waals surface area contributed by atoms with Gasteiger partial charge in [-0.1, -0.05) is 41.9 Å². The Bertz CT molecular complexity index is 877. The van der Waals surface area contributed by atoms with Crippen molar-refractivity contribution < 1.29 is 9.59 Å². The molecular weight excluding hydrogens is 378 g/mol. The van der Waals surface area contributed by atoms with Gasteiger partial charge in [-0.3, -0.25) is 9.59 Å². The average Bonchev–Trinajstić information content (AvgIpc) is 3.27. The van der Waals surface area contributed by atoms with Crippen molar-refractivity contribution in [3.8, 4) is 9.88 Å². The van der Waals surface area contributed by atoms with E-state index in [1.165, 1.54) is 22.7 Å². The molecule has 0 aliphatic rings. The van der Waals surface area contributed by atoms with E-state index in [0.717, 1.165) is 15.4 Å². The van der Waals surface area contributed by atoms with Gasteiger partial charge in [0.2, 0.25) is 5.91 Å². The number of thiophene rings is 1. The van der Waals surface area contributed by atoms with Crippen LogP contribution in [0.2, 0.25) is 4.34 Å². The van der Waals surface area contributed by atoms with Gasteiger partial charge in [0.05, 0.1) is 15.8 Å². The summed E-state index contributed by atoms with van der Waals surface area (Å²) in [7, 11) is 0. The van der Waals surface area contributed by atoms with Crippen molar-refractivity contribution in [2.24, 2.45) is 0 Å². The summed E-state index contributed by atoms with van der Waals surface area (Å²) >= 11 is 8.68. The molecule has 128 valence electrons. The molecule has 0 radical (unpaired) electrons. The van der Waals surface area contributed by atoms with Crippen LogP contribution in [-0.2, 0) is 11.3 Å². The fourth-order valence-corrected chi connectivity index (χ4v) is 3.95. The number of amides is 2. The zero-order valence-corrected chi connectivity index (χ0v) is 15.4. The first-order valence-corrected chi connectivity index (χ1v) is 9.49. The summed E-state index contributed by atoms with van der Waals surface area (Å²) in [6.45, 7) is 0.332. The largest absolute Gasteiger partial charge is 0.350 e. The Hall–Kier alpha value is -2.22. The predicted octanol–water partition coefficient (Wildman–Crippen LogP) is 3.57. The molecule has 5 nitrogen and oxygen atoms in total. The zero-order chi connectivity index (χ0) is 17.6. The average molecular weight is 392 g/mol. The van der Waals surface area contributed by atoms with Crippen LogP contribution < -0.4 is 10.6 Å². The van der Waals surface area contributed by atoms with E-state index < -0.39 is 0 Å². The number of rotatable bonds is 6. The lowest BCUT2D eigenvalue weighted by Gasteiger charge is -2.06. The van der Waals surface area contributed by atoms with E-state index in [4.69, 9.17) is 11.6 Å². The summed E-state index contributed by atoms with van der Waals surface area (Å²) < 4.78 is 0.672. The van der Waals surface area contributed by atoms with Crippen molar-refractivity contribution in [3.05, 3.63) is 63.4 Å². The van der Waals surface area contributed by atoms with E-state index in [0.29, 0.717) is 16.6 Å². The molecule has 0 aliphatic carbocycles. The summed E-state index contributed by atoms with van der Waals surface area (Å²) in [5.41, 5.74) is 1.29. The minimum absolute atomic E-state index is 0.0939. The first-order valence-electron chi connectivity index (χ1n) is 7.42.